The van der Waals surface area contributed by atoms with Crippen LogP contribution in [0.4, 0.5) is 0 Å². The van der Waals surface area contributed by atoms with Crippen LogP contribution in [0.5, 0.6) is 0 Å². The zero-order valence-electron chi connectivity index (χ0n) is 11.5. The maximum absolute atomic E-state index is 10.6. The fourth-order valence-electron chi connectivity index (χ4n) is 2.06. The molecule has 3 nitrogen and oxygen atoms in total. The van der Waals surface area contributed by atoms with Crippen LogP contribution in [0.15, 0.2) is 24.3 Å². The molecule has 0 saturated carbocycles. The molecule has 1 N–H and O–H groups in total. The fraction of sp³-hybridized carbons (Fsp3) is 0.533. The molecule has 0 spiro atoms. The molecule has 0 radical (unpaired) electrons. The first kappa shape index (κ1) is 14.7. The van der Waals surface area contributed by atoms with Crippen LogP contribution >= 0.6 is 0 Å². The molecule has 0 aliphatic heterocycles. The van der Waals surface area contributed by atoms with Gasteiger partial charge in [0.25, 0.3) is 0 Å². The highest BCUT2D eigenvalue weighted by molar-refractivity contribution is 5.66. The molecule has 1 atom stereocenters. The van der Waals surface area contributed by atoms with Crippen LogP contribution in [0.1, 0.15) is 30.9 Å². The zero-order valence-corrected chi connectivity index (χ0v) is 11.5. The van der Waals surface area contributed by atoms with Gasteiger partial charge in [-0.1, -0.05) is 36.8 Å². The highest BCUT2D eigenvalue weighted by Gasteiger charge is 2.14. The van der Waals surface area contributed by atoms with Gasteiger partial charge in [0, 0.05) is 12.6 Å². The molecule has 1 aromatic rings. The summed E-state index contributed by atoms with van der Waals surface area (Å²) >= 11 is 0. The molecule has 0 aliphatic rings. The minimum atomic E-state index is -0.730. The first-order valence-electron chi connectivity index (χ1n) is 6.50. The van der Waals surface area contributed by atoms with Crippen LogP contribution in [0, 0.1) is 6.92 Å². The van der Waals surface area contributed by atoms with Crippen molar-refractivity contribution >= 4 is 5.97 Å². The molecule has 0 fully saturated rings. The van der Waals surface area contributed by atoms with Gasteiger partial charge in [-0.05, 0) is 32.4 Å². The zero-order chi connectivity index (χ0) is 13.5. The first-order chi connectivity index (χ1) is 8.52. The van der Waals surface area contributed by atoms with Gasteiger partial charge in [-0.25, -0.2) is 0 Å². The van der Waals surface area contributed by atoms with E-state index in [4.69, 9.17) is 5.11 Å². The van der Waals surface area contributed by atoms with Gasteiger partial charge >= 0.3 is 5.97 Å². The lowest BCUT2D eigenvalue weighted by Crippen LogP contribution is -2.34. The number of carboxylic acid groups (broad SMARTS) is 1. The highest BCUT2D eigenvalue weighted by Crippen LogP contribution is 2.12. The van der Waals surface area contributed by atoms with Crippen LogP contribution < -0.4 is 0 Å². The summed E-state index contributed by atoms with van der Waals surface area (Å²) < 4.78 is 0. The molecule has 18 heavy (non-hydrogen) atoms. The predicted octanol–water partition coefficient (Wildman–Crippen LogP) is 2.72. The number of aryl methyl sites for hydroxylation is 1. The van der Waals surface area contributed by atoms with Crippen LogP contribution in [0.3, 0.4) is 0 Å². The Hall–Kier alpha value is -1.35. The van der Waals surface area contributed by atoms with Gasteiger partial charge in [0.15, 0.2) is 0 Å². The molecule has 100 valence electrons. The van der Waals surface area contributed by atoms with E-state index >= 15 is 0 Å². The van der Waals surface area contributed by atoms with Crippen molar-refractivity contribution in [2.75, 3.05) is 13.6 Å². The molecule has 0 aliphatic carbocycles. The van der Waals surface area contributed by atoms with Gasteiger partial charge in [0.1, 0.15) is 0 Å². The number of rotatable bonds is 7. The summed E-state index contributed by atoms with van der Waals surface area (Å²) in [6.45, 7) is 4.84. The summed E-state index contributed by atoms with van der Waals surface area (Å²) in [7, 11) is 2.01. The molecular weight excluding hydrogens is 226 g/mol. The van der Waals surface area contributed by atoms with Crippen molar-refractivity contribution in [3.8, 4) is 0 Å². The summed E-state index contributed by atoms with van der Waals surface area (Å²) in [5, 5.41) is 8.71. The van der Waals surface area contributed by atoms with E-state index in [1.54, 1.807) is 0 Å². The van der Waals surface area contributed by atoms with Crippen LogP contribution in [0.2, 0.25) is 0 Å². The smallest absolute Gasteiger partial charge is 0.304 e. The number of aliphatic carboxylic acids is 1. The highest BCUT2D eigenvalue weighted by atomic mass is 16.4. The van der Waals surface area contributed by atoms with Gasteiger partial charge in [0.2, 0.25) is 0 Å². The Kier molecular flexibility index (Phi) is 5.86. The molecule has 1 aromatic carbocycles. The van der Waals surface area contributed by atoms with Gasteiger partial charge in [-0.2, -0.15) is 0 Å². The van der Waals surface area contributed by atoms with Crippen LogP contribution in [-0.2, 0) is 11.2 Å². The van der Waals surface area contributed by atoms with E-state index in [0.29, 0.717) is 12.6 Å². The number of carboxylic acids is 1. The lowest BCUT2D eigenvalue weighted by molar-refractivity contribution is -0.137. The number of hydrogen-bond acceptors (Lipinski definition) is 2. The quantitative estimate of drug-likeness (QED) is 0.807. The first-order valence-corrected chi connectivity index (χ1v) is 6.50. The number of nitrogens with zero attached hydrogens (tertiary/aromatic N) is 1. The summed E-state index contributed by atoms with van der Waals surface area (Å²) in [4.78, 5) is 12.7. The third kappa shape index (κ3) is 4.88. The van der Waals surface area contributed by atoms with E-state index in [-0.39, 0.29) is 6.42 Å². The number of hydrogen-bond donors (Lipinski definition) is 1. The lowest BCUT2D eigenvalue weighted by Gasteiger charge is -2.26. The Morgan fingerprint density at radius 2 is 1.94 bits per heavy atom. The Balaban J connectivity index is 2.55. The lowest BCUT2D eigenvalue weighted by atomic mass is 10.0. The molecule has 3 heteroatoms. The minimum absolute atomic E-state index is 0.209. The number of benzene rings is 1. The van der Waals surface area contributed by atoms with E-state index in [1.165, 1.54) is 11.1 Å². The van der Waals surface area contributed by atoms with E-state index in [1.807, 2.05) is 7.05 Å². The van der Waals surface area contributed by atoms with Gasteiger partial charge in [-0.3, -0.25) is 4.79 Å². The largest absolute Gasteiger partial charge is 0.481 e. The maximum atomic E-state index is 10.6. The van der Waals surface area contributed by atoms with Gasteiger partial charge in [-0.15, -0.1) is 0 Å². The van der Waals surface area contributed by atoms with Crippen molar-refractivity contribution in [1.82, 2.24) is 4.90 Å². The summed E-state index contributed by atoms with van der Waals surface area (Å²) in [5.41, 5.74) is 2.58. The monoisotopic (exact) mass is 249 g/mol. The normalized spacial score (nSPS) is 12.7. The fourth-order valence-corrected chi connectivity index (χ4v) is 2.06. The molecule has 0 saturated heterocycles. The van der Waals surface area contributed by atoms with Crippen molar-refractivity contribution in [3.63, 3.8) is 0 Å². The molecule has 0 bridgehead atoms. The van der Waals surface area contributed by atoms with E-state index < -0.39 is 5.97 Å². The van der Waals surface area contributed by atoms with E-state index in [2.05, 4.69) is 43.0 Å². The average Bonchev–Trinajstić information content (AvgIpc) is 2.35. The van der Waals surface area contributed by atoms with Crippen LogP contribution in [0.25, 0.3) is 0 Å². The Bertz CT molecular complexity index is 373. The van der Waals surface area contributed by atoms with Gasteiger partial charge in [0.05, 0.1) is 6.42 Å². The van der Waals surface area contributed by atoms with Crippen molar-refractivity contribution in [2.45, 2.75) is 39.2 Å². The molecular formula is C15H23NO2. The standard InChI is InChI=1S/C15H23NO2/c1-4-14(16(3)10-9-15(17)18)11-13-7-5-12(2)6-8-13/h5-8,14H,4,9-11H2,1-3H3,(H,17,18)/t14-/m1/s1. The second-order valence-electron chi connectivity index (χ2n) is 4.88. The number of likely N-dealkylation sites (N-methyl/N-ethyl adjacent to an activating group) is 1. The maximum Gasteiger partial charge on any atom is 0.304 e. The Morgan fingerprint density at radius 1 is 1.33 bits per heavy atom. The average molecular weight is 249 g/mol. The van der Waals surface area contributed by atoms with Crippen molar-refractivity contribution in [1.29, 1.82) is 0 Å². The van der Waals surface area contributed by atoms with Crippen molar-refractivity contribution in [2.24, 2.45) is 0 Å². The van der Waals surface area contributed by atoms with Gasteiger partial charge < -0.3 is 10.0 Å². The van der Waals surface area contributed by atoms with Crippen LogP contribution in [-0.4, -0.2) is 35.6 Å². The molecule has 1 rings (SSSR count). The van der Waals surface area contributed by atoms with E-state index in [0.717, 1.165) is 12.8 Å². The summed E-state index contributed by atoms with van der Waals surface area (Å²) in [5.74, 6) is -0.730. The second kappa shape index (κ2) is 7.17. The van der Waals surface area contributed by atoms with E-state index in [9.17, 15) is 4.79 Å². The SMILES string of the molecule is CC[C@H](Cc1ccc(C)cc1)N(C)CCC(=O)O. The van der Waals surface area contributed by atoms with Crippen molar-refractivity contribution in [3.05, 3.63) is 35.4 Å². The predicted molar refractivity (Wildman–Crippen MR) is 73.8 cm³/mol. The molecule has 0 aromatic heterocycles. The number of carbonyl (C=O) groups is 1. The van der Waals surface area contributed by atoms with Crippen molar-refractivity contribution < 1.29 is 9.90 Å². The minimum Gasteiger partial charge on any atom is -0.481 e. The topological polar surface area (TPSA) is 40.5 Å². The molecule has 0 unspecified atom stereocenters. The Labute approximate surface area is 109 Å². The Morgan fingerprint density at radius 3 is 2.44 bits per heavy atom. The summed E-state index contributed by atoms with van der Waals surface area (Å²) in [6.07, 6.45) is 2.22. The third-order valence-corrected chi connectivity index (χ3v) is 3.36. The summed E-state index contributed by atoms with van der Waals surface area (Å²) in [6, 6.07) is 8.97. The molecule has 0 amide bonds. The third-order valence-electron chi connectivity index (χ3n) is 3.36. The second-order valence-corrected chi connectivity index (χ2v) is 4.88. The molecule has 0 heterocycles.